The van der Waals surface area contributed by atoms with E-state index in [1.165, 1.54) is 11.1 Å². The van der Waals surface area contributed by atoms with E-state index in [2.05, 4.69) is 53.5 Å². The molecule has 0 radical (unpaired) electrons. The SMILES string of the molecule is CCc1cccc(-c2c(Cl)cccc2C(O)(CCCCOC)C2CCCN(C(=O)c3ccc(CN4CCNCC4)cc3)C2)c1. The summed E-state index contributed by atoms with van der Waals surface area (Å²) < 4.78 is 5.33. The molecule has 2 aliphatic rings. The molecule has 0 saturated carbocycles. The minimum atomic E-state index is -1.15. The van der Waals surface area contributed by atoms with Gasteiger partial charge in [-0.2, -0.15) is 0 Å². The number of hydrogen-bond donors (Lipinski definition) is 2. The molecule has 0 aromatic heterocycles. The number of carbonyl (C=O) groups is 1. The van der Waals surface area contributed by atoms with Crippen molar-refractivity contribution in [1.29, 1.82) is 0 Å². The number of benzene rings is 3. The number of amides is 1. The second-order valence-electron chi connectivity index (χ2n) is 12.4. The lowest BCUT2D eigenvalue weighted by atomic mass is 9.72. The number of rotatable bonds is 12. The fourth-order valence-electron chi connectivity index (χ4n) is 6.94. The topological polar surface area (TPSA) is 65.0 Å². The van der Waals surface area contributed by atoms with Crippen LogP contribution in [0.15, 0.2) is 66.7 Å². The molecular formula is C37H48ClN3O3. The molecule has 44 heavy (non-hydrogen) atoms. The summed E-state index contributed by atoms with van der Waals surface area (Å²) in [6, 6.07) is 22.5. The van der Waals surface area contributed by atoms with Gasteiger partial charge in [-0.1, -0.05) is 67.1 Å². The highest BCUT2D eigenvalue weighted by Crippen LogP contribution is 2.46. The van der Waals surface area contributed by atoms with E-state index in [0.29, 0.717) is 36.7 Å². The normalized spacial score (nSPS) is 19.1. The molecule has 0 aliphatic carbocycles. The van der Waals surface area contributed by atoms with Crippen molar-refractivity contribution in [2.45, 2.75) is 57.6 Å². The molecule has 2 aliphatic heterocycles. The predicted molar refractivity (Wildman–Crippen MR) is 179 cm³/mol. The highest BCUT2D eigenvalue weighted by molar-refractivity contribution is 6.33. The molecule has 2 heterocycles. The Morgan fingerprint density at radius 2 is 1.80 bits per heavy atom. The van der Waals surface area contributed by atoms with Crippen LogP contribution >= 0.6 is 11.6 Å². The molecule has 6 nitrogen and oxygen atoms in total. The lowest BCUT2D eigenvalue weighted by Gasteiger charge is -2.44. The Labute approximate surface area is 268 Å². The maximum atomic E-state index is 13.8. The van der Waals surface area contributed by atoms with Crippen LogP contribution in [0.5, 0.6) is 0 Å². The fourth-order valence-corrected chi connectivity index (χ4v) is 7.22. The fraction of sp³-hybridized carbons (Fsp3) is 0.486. The first kappa shape index (κ1) is 32.6. The second kappa shape index (κ2) is 15.5. The Morgan fingerprint density at radius 3 is 2.55 bits per heavy atom. The average Bonchev–Trinajstić information content (AvgIpc) is 3.07. The molecule has 3 aromatic rings. The summed E-state index contributed by atoms with van der Waals surface area (Å²) in [5, 5.41) is 16.8. The van der Waals surface area contributed by atoms with Gasteiger partial charge in [-0.05, 0) is 79.0 Å². The zero-order chi connectivity index (χ0) is 30.9. The molecule has 2 N–H and O–H groups in total. The van der Waals surface area contributed by atoms with Gasteiger partial charge in [-0.3, -0.25) is 9.69 Å². The number of piperazine rings is 1. The standard InChI is InChI=1S/C37H48ClN3O3/c1-3-28-9-6-10-31(25-28)35-33(12-7-13-34(35)38)37(43,18-4-5-24-44-2)32-11-8-21-41(27-32)36(42)30-16-14-29(15-17-30)26-40-22-19-39-20-23-40/h6-7,9-10,12-17,25,32,39,43H,3-5,8,11,18-24,26-27H2,1-2H3. The number of likely N-dealkylation sites (tertiary alicyclic amines) is 1. The van der Waals surface area contributed by atoms with Gasteiger partial charge in [0.1, 0.15) is 0 Å². The first-order valence-corrected chi connectivity index (χ1v) is 16.7. The van der Waals surface area contributed by atoms with E-state index in [9.17, 15) is 9.90 Å². The number of aliphatic hydroxyl groups is 1. The molecule has 2 unspecified atom stereocenters. The van der Waals surface area contributed by atoms with E-state index in [0.717, 1.165) is 81.5 Å². The van der Waals surface area contributed by atoms with Gasteiger partial charge in [-0.15, -0.1) is 0 Å². The van der Waals surface area contributed by atoms with Crippen LogP contribution in [0, 0.1) is 5.92 Å². The number of ether oxygens (including phenoxy) is 1. The number of nitrogens with one attached hydrogen (secondary N) is 1. The van der Waals surface area contributed by atoms with Crippen molar-refractivity contribution in [1.82, 2.24) is 15.1 Å². The van der Waals surface area contributed by atoms with Crippen LogP contribution in [-0.2, 0) is 23.3 Å². The molecule has 3 aromatic carbocycles. The van der Waals surface area contributed by atoms with Crippen molar-refractivity contribution < 1.29 is 14.6 Å². The zero-order valence-electron chi connectivity index (χ0n) is 26.4. The van der Waals surface area contributed by atoms with Gasteiger partial charge in [0.2, 0.25) is 0 Å². The number of nitrogens with zero attached hydrogens (tertiary/aromatic N) is 2. The van der Waals surface area contributed by atoms with Crippen molar-refractivity contribution in [3.63, 3.8) is 0 Å². The third kappa shape index (κ3) is 7.72. The average molecular weight is 618 g/mol. The Bertz CT molecular complexity index is 1370. The lowest BCUT2D eigenvalue weighted by molar-refractivity contribution is -0.0574. The zero-order valence-corrected chi connectivity index (χ0v) is 27.1. The van der Waals surface area contributed by atoms with Gasteiger partial charge in [0.25, 0.3) is 5.91 Å². The van der Waals surface area contributed by atoms with Gasteiger partial charge < -0.3 is 20.1 Å². The number of piperidine rings is 1. The van der Waals surface area contributed by atoms with Crippen LogP contribution in [0.4, 0.5) is 0 Å². The Hall–Kier alpha value is -2.74. The molecule has 0 bridgehead atoms. The monoisotopic (exact) mass is 617 g/mol. The van der Waals surface area contributed by atoms with E-state index in [4.69, 9.17) is 16.3 Å². The number of halogens is 1. The third-order valence-electron chi connectivity index (χ3n) is 9.46. The van der Waals surface area contributed by atoms with Crippen LogP contribution < -0.4 is 5.32 Å². The van der Waals surface area contributed by atoms with Gasteiger partial charge in [0.15, 0.2) is 0 Å². The van der Waals surface area contributed by atoms with E-state index < -0.39 is 5.60 Å². The number of hydrogen-bond acceptors (Lipinski definition) is 5. The maximum absolute atomic E-state index is 13.8. The van der Waals surface area contributed by atoms with Crippen LogP contribution in [0.1, 0.15) is 66.1 Å². The summed E-state index contributed by atoms with van der Waals surface area (Å²) in [6.45, 7) is 9.03. The number of unbranched alkanes of at least 4 members (excludes halogenated alkanes) is 1. The quantitative estimate of drug-likeness (QED) is 0.226. The van der Waals surface area contributed by atoms with Crippen molar-refractivity contribution in [2.24, 2.45) is 5.92 Å². The van der Waals surface area contributed by atoms with Crippen molar-refractivity contribution in [3.05, 3.63) is 94.0 Å². The Kier molecular flexibility index (Phi) is 11.5. The van der Waals surface area contributed by atoms with Crippen molar-refractivity contribution in [3.8, 4) is 11.1 Å². The van der Waals surface area contributed by atoms with Crippen molar-refractivity contribution in [2.75, 3.05) is 53.0 Å². The minimum absolute atomic E-state index is 0.0344. The van der Waals surface area contributed by atoms with E-state index in [-0.39, 0.29) is 11.8 Å². The Morgan fingerprint density at radius 1 is 1.02 bits per heavy atom. The maximum Gasteiger partial charge on any atom is 0.253 e. The third-order valence-corrected chi connectivity index (χ3v) is 9.78. The number of methoxy groups -OCH3 is 1. The molecule has 2 saturated heterocycles. The highest BCUT2D eigenvalue weighted by Gasteiger charge is 2.43. The van der Waals surface area contributed by atoms with Gasteiger partial charge in [-0.25, -0.2) is 0 Å². The number of carbonyl (C=O) groups excluding carboxylic acids is 1. The van der Waals surface area contributed by atoms with Crippen LogP contribution in [0.2, 0.25) is 5.02 Å². The summed E-state index contributed by atoms with van der Waals surface area (Å²) in [4.78, 5) is 18.2. The molecule has 236 valence electrons. The van der Waals surface area contributed by atoms with E-state index in [1.54, 1.807) is 7.11 Å². The molecule has 1 amide bonds. The second-order valence-corrected chi connectivity index (χ2v) is 12.8. The van der Waals surface area contributed by atoms with Gasteiger partial charge >= 0.3 is 0 Å². The van der Waals surface area contributed by atoms with Crippen LogP contribution in [0.25, 0.3) is 11.1 Å². The minimum Gasteiger partial charge on any atom is -0.385 e. The first-order chi connectivity index (χ1) is 21.4. The highest BCUT2D eigenvalue weighted by atomic mass is 35.5. The molecule has 2 atom stereocenters. The van der Waals surface area contributed by atoms with Gasteiger partial charge in [0.05, 0.1) is 5.60 Å². The van der Waals surface area contributed by atoms with E-state index in [1.807, 2.05) is 35.2 Å². The molecule has 7 heteroatoms. The van der Waals surface area contributed by atoms with E-state index >= 15 is 0 Å². The summed E-state index contributed by atoms with van der Waals surface area (Å²) in [5.41, 5.74) is 4.77. The predicted octanol–water partition coefficient (Wildman–Crippen LogP) is 6.53. The van der Waals surface area contributed by atoms with Crippen LogP contribution in [-0.4, -0.2) is 73.8 Å². The van der Waals surface area contributed by atoms with Gasteiger partial charge in [0, 0.05) is 81.6 Å². The lowest BCUT2D eigenvalue weighted by Crippen LogP contribution is -2.48. The Balaban J connectivity index is 1.40. The molecular weight excluding hydrogens is 570 g/mol. The first-order valence-electron chi connectivity index (χ1n) is 16.3. The summed E-state index contributed by atoms with van der Waals surface area (Å²) >= 11 is 6.92. The summed E-state index contributed by atoms with van der Waals surface area (Å²) in [5.74, 6) is -0.0894. The molecule has 0 spiro atoms. The smallest absolute Gasteiger partial charge is 0.253 e. The molecule has 5 rings (SSSR count). The van der Waals surface area contributed by atoms with Crippen LogP contribution in [0.3, 0.4) is 0 Å². The number of aryl methyl sites for hydroxylation is 1. The molecule has 2 fully saturated rings. The summed E-state index contributed by atoms with van der Waals surface area (Å²) in [6.07, 6.45) is 4.85. The van der Waals surface area contributed by atoms with Crippen molar-refractivity contribution >= 4 is 17.5 Å². The largest absolute Gasteiger partial charge is 0.385 e. The summed E-state index contributed by atoms with van der Waals surface area (Å²) in [7, 11) is 1.71.